The zero-order valence-electron chi connectivity index (χ0n) is 13.5. The molecule has 0 amide bonds. The number of rotatable bonds is 10. The molecule has 1 rings (SSSR count). The third-order valence-electron chi connectivity index (χ3n) is 3.01. The van der Waals surface area contributed by atoms with Gasteiger partial charge in [0.15, 0.2) is 0 Å². The number of hydrogen-bond donors (Lipinski definition) is 3. The summed E-state index contributed by atoms with van der Waals surface area (Å²) in [5.41, 5.74) is 1.82. The topological polar surface area (TPSA) is 82.0 Å². The maximum absolute atomic E-state index is 10.9. The Hall–Kier alpha value is -1.79. The van der Waals surface area contributed by atoms with E-state index in [4.69, 9.17) is 14.9 Å². The first kappa shape index (κ1) is 18.3. The largest absolute Gasteiger partial charge is 0.489 e. The van der Waals surface area contributed by atoms with Gasteiger partial charge in [0, 0.05) is 20.2 Å². The smallest absolute Gasteiger partial charge is 0.323 e. The van der Waals surface area contributed by atoms with Gasteiger partial charge in [0.25, 0.3) is 0 Å². The lowest BCUT2D eigenvalue weighted by molar-refractivity contribution is -0.135. The highest BCUT2D eigenvalue weighted by atomic mass is 16.5. The fourth-order valence-corrected chi connectivity index (χ4v) is 2.06. The van der Waals surface area contributed by atoms with Crippen molar-refractivity contribution in [1.29, 1.82) is 0 Å². The van der Waals surface area contributed by atoms with Gasteiger partial charge in [0.2, 0.25) is 0 Å². The van der Waals surface area contributed by atoms with E-state index in [1.54, 1.807) is 11.9 Å². The van der Waals surface area contributed by atoms with Crippen LogP contribution in [0.1, 0.15) is 25.8 Å². The summed E-state index contributed by atoms with van der Waals surface area (Å²) in [6, 6.07) is 5.76. The summed E-state index contributed by atoms with van der Waals surface area (Å²) in [5, 5.41) is 20.9. The van der Waals surface area contributed by atoms with Crippen LogP contribution in [-0.2, 0) is 11.3 Å². The zero-order chi connectivity index (χ0) is 16.5. The van der Waals surface area contributed by atoms with E-state index in [2.05, 4.69) is 5.32 Å². The molecule has 22 heavy (non-hydrogen) atoms. The maximum Gasteiger partial charge on any atom is 0.323 e. The first-order chi connectivity index (χ1) is 10.4. The summed E-state index contributed by atoms with van der Waals surface area (Å²) in [4.78, 5) is 12.5. The molecule has 0 fully saturated rings. The average Bonchev–Trinajstić information content (AvgIpc) is 2.42. The molecule has 6 heteroatoms. The fourth-order valence-electron chi connectivity index (χ4n) is 2.06. The Kier molecular flexibility index (Phi) is 7.70. The first-order valence-electron chi connectivity index (χ1n) is 7.48. The van der Waals surface area contributed by atoms with Crippen LogP contribution in [0.4, 0.5) is 5.69 Å². The molecule has 0 radical (unpaired) electrons. The SMILES string of the molecule is CC(C)Oc1cc(CNCCCO)ccc1N(C)CC(=O)O. The third-order valence-corrected chi connectivity index (χ3v) is 3.01. The Bertz CT molecular complexity index is 477. The molecular weight excluding hydrogens is 284 g/mol. The van der Waals surface area contributed by atoms with Gasteiger partial charge in [-0.05, 0) is 44.5 Å². The number of likely N-dealkylation sites (N-methyl/N-ethyl adjacent to an activating group) is 1. The van der Waals surface area contributed by atoms with Gasteiger partial charge in [-0.15, -0.1) is 0 Å². The molecule has 6 nitrogen and oxygen atoms in total. The molecule has 0 atom stereocenters. The number of carbonyl (C=O) groups is 1. The Morgan fingerprint density at radius 1 is 1.41 bits per heavy atom. The van der Waals surface area contributed by atoms with Crippen LogP contribution in [0.15, 0.2) is 18.2 Å². The quantitative estimate of drug-likeness (QED) is 0.568. The van der Waals surface area contributed by atoms with Gasteiger partial charge in [-0.1, -0.05) is 6.07 Å². The van der Waals surface area contributed by atoms with Crippen LogP contribution in [0.25, 0.3) is 0 Å². The van der Waals surface area contributed by atoms with Gasteiger partial charge < -0.3 is 25.2 Å². The lowest BCUT2D eigenvalue weighted by atomic mass is 10.1. The highest BCUT2D eigenvalue weighted by molar-refractivity contribution is 5.75. The van der Waals surface area contributed by atoms with Crippen molar-refractivity contribution in [2.45, 2.75) is 32.9 Å². The van der Waals surface area contributed by atoms with E-state index in [0.29, 0.717) is 12.3 Å². The normalized spacial score (nSPS) is 10.8. The molecule has 124 valence electrons. The lowest BCUT2D eigenvalue weighted by Gasteiger charge is -2.22. The molecule has 0 aliphatic rings. The molecule has 1 aromatic carbocycles. The molecule has 0 aliphatic heterocycles. The van der Waals surface area contributed by atoms with Crippen molar-refractivity contribution in [2.75, 3.05) is 31.6 Å². The standard InChI is InChI=1S/C16H26N2O4/c1-12(2)22-15-9-13(10-17-7-4-8-19)5-6-14(15)18(3)11-16(20)21/h5-6,9,12,17,19H,4,7-8,10-11H2,1-3H3,(H,20,21). The van der Waals surface area contributed by atoms with Crippen LogP contribution in [0, 0.1) is 0 Å². The number of aliphatic hydroxyl groups is 1. The van der Waals surface area contributed by atoms with Crippen molar-refractivity contribution in [1.82, 2.24) is 5.32 Å². The molecule has 0 saturated carbocycles. The van der Waals surface area contributed by atoms with Crippen molar-refractivity contribution >= 4 is 11.7 Å². The number of anilines is 1. The number of ether oxygens (including phenoxy) is 1. The van der Waals surface area contributed by atoms with E-state index in [9.17, 15) is 4.79 Å². The minimum Gasteiger partial charge on any atom is -0.489 e. The summed E-state index contributed by atoms with van der Waals surface area (Å²) in [7, 11) is 1.73. The van der Waals surface area contributed by atoms with Gasteiger partial charge in [0.1, 0.15) is 12.3 Å². The predicted molar refractivity (Wildman–Crippen MR) is 86.5 cm³/mol. The minimum atomic E-state index is -0.882. The highest BCUT2D eigenvalue weighted by Crippen LogP contribution is 2.29. The van der Waals surface area contributed by atoms with Crippen LogP contribution < -0.4 is 15.0 Å². The number of nitrogens with zero attached hydrogens (tertiary/aromatic N) is 1. The first-order valence-corrected chi connectivity index (χ1v) is 7.48. The van der Waals surface area contributed by atoms with Crippen LogP contribution in [0.3, 0.4) is 0 Å². The monoisotopic (exact) mass is 310 g/mol. The Balaban J connectivity index is 2.85. The van der Waals surface area contributed by atoms with Gasteiger partial charge in [-0.3, -0.25) is 4.79 Å². The second-order valence-electron chi connectivity index (χ2n) is 5.47. The summed E-state index contributed by atoms with van der Waals surface area (Å²) in [6.07, 6.45) is 0.726. The minimum absolute atomic E-state index is 0.00887. The van der Waals surface area contributed by atoms with Crippen LogP contribution >= 0.6 is 0 Å². The van der Waals surface area contributed by atoms with Crippen molar-refractivity contribution < 1.29 is 19.7 Å². The lowest BCUT2D eigenvalue weighted by Crippen LogP contribution is -2.26. The molecule has 0 aromatic heterocycles. The number of carboxylic acids is 1. The fraction of sp³-hybridized carbons (Fsp3) is 0.562. The van der Waals surface area contributed by atoms with Crippen LogP contribution in [0.5, 0.6) is 5.75 Å². The van der Waals surface area contributed by atoms with E-state index in [1.165, 1.54) is 0 Å². The van der Waals surface area contributed by atoms with Crippen molar-refractivity contribution in [3.63, 3.8) is 0 Å². The van der Waals surface area contributed by atoms with Gasteiger partial charge in [-0.2, -0.15) is 0 Å². The van der Waals surface area contributed by atoms with Crippen molar-refractivity contribution in [3.8, 4) is 5.75 Å². The molecule has 0 saturated heterocycles. The summed E-state index contributed by atoms with van der Waals surface area (Å²) in [6.45, 7) is 5.39. The molecule has 0 aliphatic carbocycles. The number of carboxylic acid groups (broad SMARTS) is 1. The molecule has 1 aromatic rings. The van der Waals surface area contributed by atoms with E-state index in [-0.39, 0.29) is 19.3 Å². The van der Waals surface area contributed by atoms with Crippen molar-refractivity contribution in [3.05, 3.63) is 23.8 Å². The highest BCUT2D eigenvalue weighted by Gasteiger charge is 2.13. The maximum atomic E-state index is 10.9. The van der Waals surface area contributed by atoms with Crippen LogP contribution in [-0.4, -0.2) is 49.0 Å². The molecule has 0 heterocycles. The van der Waals surface area contributed by atoms with E-state index >= 15 is 0 Å². The average molecular weight is 310 g/mol. The number of aliphatic hydroxyl groups excluding tert-OH is 1. The van der Waals surface area contributed by atoms with Crippen LogP contribution in [0.2, 0.25) is 0 Å². The second-order valence-corrected chi connectivity index (χ2v) is 5.47. The van der Waals surface area contributed by atoms with E-state index in [0.717, 1.165) is 24.2 Å². The second kappa shape index (κ2) is 9.27. The Morgan fingerprint density at radius 3 is 2.73 bits per heavy atom. The van der Waals surface area contributed by atoms with Crippen molar-refractivity contribution in [2.24, 2.45) is 0 Å². The molecular formula is C16H26N2O4. The molecule has 0 spiro atoms. The molecule has 0 bridgehead atoms. The number of aliphatic carboxylic acids is 1. The summed E-state index contributed by atoms with van der Waals surface area (Å²) >= 11 is 0. The summed E-state index contributed by atoms with van der Waals surface area (Å²) < 4.78 is 5.81. The van der Waals surface area contributed by atoms with Gasteiger partial charge in [0.05, 0.1) is 11.8 Å². The third kappa shape index (κ3) is 6.32. The predicted octanol–water partition coefficient (Wildman–Crippen LogP) is 1.47. The van der Waals surface area contributed by atoms with Gasteiger partial charge >= 0.3 is 5.97 Å². The van der Waals surface area contributed by atoms with E-state index < -0.39 is 5.97 Å². The molecule has 0 unspecified atom stereocenters. The van der Waals surface area contributed by atoms with Gasteiger partial charge in [-0.25, -0.2) is 0 Å². The Morgan fingerprint density at radius 2 is 2.14 bits per heavy atom. The zero-order valence-corrected chi connectivity index (χ0v) is 13.5. The Labute approximate surface area is 131 Å². The number of hydrogen-bond acceptors (Lipinski definition) is 5. The number of nitrogens with one attached hydrogen (secondary N) is 1. The van der Waals surface area contributed by atoms with E-state index in [1.807, 2.05) is 32.0 Å². The number of benzene rings is 1. The summed E-state index contributed by atoms with van der Waals surface area (Å²) in [5.74, 6) is -0.201. The molecule has 3 N–H and O–H groups in total.